The van der Waals surface area contributed by atoms with Crippen LogP contribution in [0.25, 0.3) is 0 Å². The van der Waals surface area contributed by atoms with Crippen LogP contribution in [0.2, 0.25) is 0 Å². The first-order valence-corrected chi connectivity index (χ1v) is 7.73. The van der Waals surface area contributed by atoms with E-state index in [4.69, 9.17) is 0 Å². The van der Waals surface area contributed by atoms with E-state index in [9.17, 15) is 9.59 Å². The third-order valence-corrected chi connectivity index (χ3v) is 3.67. The van der Waals surface area contributed by atoms with Gasteiger partial charge in [0, 0.05) is 12.5 Å². The molecule has 22 heavy (non-hydrogen) atoms. The van der Waals surface area contributed by atoms with Crippen molar-refractivity contribution in [3.05, 3.63) is 37.0 Å². The Labute approximate surface area is 133 Å². The summed E-state index contributed by atoms with van der Waals surface area (Å²) in [5.41, 5.74) is 3.93. The molecular formula is C17H27N3O2. The highest BCUT2D eigenvalue weighted by Crippen LogP contribution is 2.12. The summed E-state index contributed by atoms with van der Waals surface area (Å²) < 4.78 is 0. The molecule has 2 amide bonds. The summed E-state index contributed by atoms with van der Waals surface area (Å²) in [6.45, 7) is 13.6. The zero-order valence-electron chi connectivity index (χ0n) is 13.8. The molecular weight excluding hydrogens is 278 g/mol. The van der Waals surface area contributed by atoms with Crippen LogP contribution in [0.5, 0.6) is 0 Å². The Balaban J connectivity index is 2.65. The highest BCUT2D eigenvalue weighted by Gasteiger charge is 2.29. The van der Waals surface area contributed by atoms with Crippen molar-refractivity contribution in [2.24, 2.45) is 5.92 Å². The van der Waals surface area contributed by atoms with Crippen LogP contribution in [0.15, 0.2) is 37.0 Å². The summed E-state index contributed by atoms with van der Waals surface area (Å²) in [7, 11) is 0. The molecule has 122 valence electrons. The van der Waals surface area contributed by atoms with Gasteiger partial charge in [0.25, 0.3) is 0 Å². The summed E-state index contributed by atoms with van der Waals surface area (Å²) in [4.78, 5) is 24.4. The van der Waals surface area contributed by atoms with Crippen molar-refractivity contribution < 1.29 is 9.59 Å². The molecule has 1 aliphatic rings. The molecule has 0 aromatic heterocycles. The van der Waals surface area contributed by atoms with Gasteiger partial charge in [0.2, 0.25) is 11.8 Å². The van der Waals surface area contributed by atoms with Crippen LogP contribution in [0.3, 0.4) is 0 Å². The zero-order valence-corrected chi connectivity index (χ0v) is 13.8. The lowest BCUT2D eigenvalue weighted by Crippen LogP contribution is -2.59. The predicted octanol–water partition coefficient (Wildman–Crippen LogP) is 1.94. The third-order valence-electron chi connectivity index (χ3n) is 3.67. The van der Waals surface area contributed by atoms with Gasteiger partial charge in [-0.3, -0.25) is 14.6 Å². The molecule has 5 heteroatoms. The largest absolute Gasteiger partial charge is 0.348 e. The second kappa shape index (κ2) is 8.54. The van der Waals surface area contributed by atoms with Crippen molar-refractivity contribution in [3.63, 3.8) is 0 Å². The maximum atomic E-state index is 12.4. The third kappa shape index (κ3) is 4.84. The molecule has 1 heterocycles. The fraction of sp³-hybridized carbons (Fsp3) is 0.529. The van der Waals surface area contributed by atoms with Crippen LogP contribution in [0, 0.1) is 5.92 Å². The predicted molar refractivity (Wildman–Crippen MR) is 88.8 cm³/mol. The Morgan fingerprint density at radius 3 is 2.55 bits per heavy atom. The average Bonchev–Trinajstić information content (AvgIpc) is 2.51. The molecule has 0 aromatic rings. The van der Waals surface area contributed by atoms with Crippen LogP contribution < -0.4 is 10.7 Å². The first-order valence-electron chi connectivity index (χ1n) is 7.73. The first-order chi connectivity index (χ1) is 10.4. The van der Waals surface area contributed by atoms with Crippen molar-refractivity contribution in [3.8, 4) is 0 Å². The number of nitrogens with zero attached hydrogens (tertiary/aromatic N) is 1. The smallest absolute Gasteiger partial charge is 0.239 e. The molecule has 2 unspecified atom stereocenters. The summed E-state index contributed by atoms with van der Waals surface area (Å²) in [5, 5.41) is 4.51. The molecule has 0 bridgehead atoms. The number of nitrogens with one attached hydrogen (secondary N) is 2. The number of carbonyl (C=O) groups excluding carboxylic acids is 2. The molecule has 1 aliphatic heterocycles. The molecule has 0 radical (unpaired) electrons. The zero-order chi connectivity index (χ0) is 16.7. The fourth-order valence-corrected chi connectivity index (χ4v) is 2.37. The molecule has 0 saturated carbocycles. The fourth-order valence-electron chi connectivity index (χ4n) is 2.37. The molecule has 5 nitrogen and oxygen atoms in total. The van der Waals surface area contributed by atoms with E-state index >= 15 is 0 Å². The minimum atomic E-state index is -0.381. The van der Waals surface area contributed by atoms with Gasteiger partial charge in [0.15, 0.2) is 0 Å². The Bertz CT molecular complexity index is 469. The Morgan fingerprint density at radius 2 is 2.00 bits per heavy atom. The first kappa shape index (κ1) is 18.2. The van der Waals surface area contributed by atoms with Gasteiger partial charge in [-0.25, -0.2) is 5.43 Å². The molecule has 0 spiro atoms. The second-order valence-electron chi connectivity index (χ2n) is 5.81. The minimum Gasteiger partial charge on any atom is -0.348 e. The van der Waals surface area contributed by atoms with E-state index in [0.29, 0.717) is 6.54 Å². The Morgan fingerprint density at radius 1 is 1.32 bits per heavy atom. The standard InChI is InChI=1S/C17H27N3O2/c1-6-9-14(7-2)13(5)18-16(21)15-10-8-11-20(19-15)17(22)12(3)4/h6-7,9,12-13,15,19H,1-2,8,10-11H2,3-5H3,(H,18,21). The second-order valence-corrected chi connectivity index (χ2v) is 5.81. The highest BCUT2D eigenvalue weighted by atomic mass is 16.2. The van der Waals surface area contributed by atoms with Crippen LogP contribution in [0.1, 0.15) is 33.6 Å². The lowest BCUT2D eigenvalue weighted by Gasteiger charge is -2.34. The Hall–Kier alpha value is -1.88. The average molecular weight is 305 g/mol. The number of amides is 2. The van der Waals surface area contributed by atoms with Gasteiger partial charge < -0.3 is 5.32 Å². The number of rotatable bonds is 6. The van der Waals surface area contributed by atoms with Crippen molar-refractivity contribution in [1.29, 1.82) is 0 Å². The molecule has 0 aliphatic carbocycles. The number of hydrogen-bond donors (Lipinski definition) is 2. The van der Waals surface area contributed by atoms with E-state index in [1.165, 1.54) is 0 Å². The maximum absolute atomic E-state index is 12.4. The number of allylic oxidation sites excluding steroid dienone is 2. The SMILES string of the molecule is C=CC=C(C=C)C(C)NC(=O)C1CCCN(C(=O)C(C)C)N1. The van der Waals surface area contributed by atoms with E-state index in [-0.39, 0.29) is 29.8 Å². The van der Waals surface area contributed by atoms with Crippen molar-refractivity contribution >= 4 is 11.8 Å². The molecule has 1 rings (SSSR count). The summed E-state index contributed by atoms with van der Waals surface area (Å²) >= 11 is 0. The van der Waals surface area contributed by atoms with Crippen LogP contribution in [-0.2, 0) is 9.59 Å². The van der Waals surface area contributed by atoms with Gasteiger partial charge in [-0.1, -0.05) is 45.2 Å². The van der Waals surface area contributed by atoms with Crippen LogP contribution >= 0.6 is 0 Å². The summed E-state index contributed by atoms with van der Waals surface area (Å²) in [6, 6.07) is -0.533. The van der Waals surface area contributed by atoms with E-state index in [0.717, 1.165) is 18.4 Å². The monoisotopic (exact) mass is 305 g/mol. The Kier molecular flexibility index (Phi) is 7.05. The van der Waals surface area contributed by atoms with Crippen LogP contribution in [-0.4, -0.2) is 35.5 Å². The van der Waals surface area contributed by atoms with Gasteiger partial charge in [0.05, 0.1) is 6.04 Å². The lowest BCUT2D eigenvalue weighted by atomic mass is 10.1. The lowest BCUT2D eigenvalue weighted by molar-refractivity contribution is -0.142. The van der Waals surface area contributed by atoms with Crippen molar-refractivity contribution in [2.75, 3.05) is 6.54 Å². The van der Waals surface area contributed by atoms with Gasteiger partial charge in [-0.2, -0.15) is 0 Å². The molecule has 2 atom stereocenters. The van der Waals surface area contributed by atoms with Gasteiger partial charge in [-0.05, 0) is 25.3 Å². The van der Waals surface area contributed by atoms with Gasteiger partial charge in [-0.15, -0.1) is 0 Å². The number of hydrogen-bond acceptors (Lipinski definition) is 3. The number of carbonyl (C=O) groups is 2. The summed E-state index contributed by atoms with van der Waals surface area (Å²) in [5.74, 6) is -0.175. The summed E-state index contributed by atoms with van der Waals surface area (Å²) in [6.07, 6.45) is 6.72. The maximum Gasteiger partial charge on any atom is 0.239 e. The molecule has 2 N–H and O–H groups in total. The van der Waals surface area contributed by atoms with Crippen LogP contribution in [0.4, 0.5) is 0 Å². The van der Waals surface area contributed by atoms with E-state index < -0.39 is 0 Å². The normalized spacial score (nSPS) is 20.5. The van der Waals surface area contributed by atoms with Crippen molar-refractivity contribution in [2.45, 2.75) is 45.7 Å². The van der Waals surface area contributed by atoms with E-state index in [1.54, 1.807) is 17.2 Å². The molecule has 1 saturated heterocycles. The molecule has 0 aromatic carbocycles. The van der Waals surface area contributed by atoms with E-state index in [1.807, 2.05) is 26.8 Å². The van der Waals surface area contributed by atoms with Gasteiger partial charge >= 0.3 is 0 Å². The highest BCUT2D eigenvalue weighted by molar-refractivity contribution is 5.84. The van der Waals surface area contributed by atoms with E-state index in [2.05, 4.69) is 23.9 Å². The molecule has 1 fully saturated rings. The number of hydrazine groups is 1. The minimum absolute atomic E-state index is 0.0175. The quantitative estimate of drug-likeness (QED) is 0.737. The topological polar surface area (TPSA) is 61.4 Å². The van der Waals surface area contributed by atoms with Crippen molar-refractivity contribution in [1.82, 2.24) is 15.8 Å². The van der Waals surface area contributed by atoms with Gasteiger partial charge in [0.1, 0.15) is 6.04 Å².